The number of anilines is 3. The van der Waals surface area contributed by atoms with E-state index in [0.29, 0.717) is 17.5 Å². The van der Waals surface area contributed by atoms with Crippen LogP contribution in [0, 0.1) is 5.41 Å². The van der Waals surface area contributed by atoms with Crippen LogP contribution in [0.2, 0.25) is 0 Å². The topological polar surface area (TPSA) is 162 Å². The van der Waals surface area contributed by atoms with Crippen molar-refractivity contribution in [2.45, 2.75) is 17.9 Å². The van der Waals surface area contributed by atoms with E-state index in [9.17, 15) is 4.55 Å². The molecule has 0 saturated heterocycles. The molecule has 0 saturated carbocycles. The molecule has 7 N–H and O–H groups in total. The molecule has 0 spiro atoms. The zero-order chi connectivity index (χ0) is 16.1. The molecule has 0 amide bonds. The number of thioether (sulfide) groups is 1. The molecule has 22 heavy (non-hydrogen) atoms. The Balaban J connectivity index is 1.75. The van der Waals surface area contributed by atoms with Gasteiger partial charge in [-0.2, -0.15) is 11.8 Å². The van der Waals surface area contributed by atoms with Crippen molar-refractivity contribution in [3.63, 3.8) is 0 Å². The minimum atomic E-state index is -1.59. The first kappa shape index (κ1) is 16.7. The van der Waals surface area contributed by atoms with Gasteiger partial charge in [-0.1, -0.05) is 6.92 Å². The van der Waals surface area contributed by atoms with Crippen LogP contribution in [0.1, 0.15) is 12.6 Å². The summed E-state index contributed by atoms with van der Waals surface area (Å²) in [5, 5.41) is 15.6. The van der Waals surface area contributed by atoms with Crippen LogP contribution in [0.4, 0.5) is 16.8 Å². The first-order valence-electron chi connectivity index (χ1n) is 6.20. The standard InChI is InChI=1S/C10H16N8OS3/c1-5(2-14-8-7(11)17-22(19)18-8)20-3-6-4-21-10(15-6)16-9(12)13/h4-5H,2-3H2,1H3,(H2,11,17)(H,14,18)(H4,12,13,15,16). The van der Waals surface area contributed by atoms with E-state index in [2.05, 4.69) is 31.3 Å². The van der Waals surface area contributed by atoms with Crippen LogP contribution in [0.5, 0.6) is 0 Å². The monoisotopic (exact) mass is 360 g/mol. The van der Waals surface area contributed by atoms with Crippen LogP contribution in [-0.2, 0) is 5.75 Å². The molecule has 2 aromatic heterocycles. The van der Waals surface area contributed by atoms with Crippen LogP contribution in [0.15, 0.2) is 5.38 Å². The maximum absolute atomic E-state index is 11.1. The lowest BCUT2D eigenvalue weighted by molar-refractivity contribution is 0.585. The number of nitrogens with zero attached hydrogens (tertiary/aromatic N) is 3. The summed E-state index contributed by atoms with van der Waals surface area (Å²) in [6.07, 6.45) is 0. The predicted molar refractivity (Wildman–Crippen MR) is 92.0 cm³/mol. The highest BCUT2D eigenvalue weighted by molar-refractivity contribution is 7.99. The van der Waals surface area contributed by atoms with E-state index in [1.54, 1.807) is 11.8 Å². The van der Waals surface area contributed by atoms with Crippen molar-refractivity contribution in [3.8, 4) is 0 Å². The van der Waals surface area contributed by atoms with Crippen molar-refractivity contribution in [1.82, 2.24) is 13.7 Å². The van der Waals surface area contributed by atoms with Gasteiger partial charge in [-0.15, -0.1) is 11.3 Å². The largest absolute Gasteiger partial charge is 0.546 e. The molecule has 2 unspecified atom stereocenters. The van der Waals surface area contributed by atoms with Gasteiger partial charge in [-0.25, -0.2) is 4.98 Å². The van der Waals surface area contributed by atoms with Crippen LogP contribution >= 0.6 is 34.2 Å². The molecule has 9 nitrogen and oxygen atoms in total. The minimum Gasteiger partial charge on any atom is -0.546 e. The molecular weight excluding hydrogens is 344 g/mol. The molecule has 0 bridgehead atoms. The second kappa shape index (κ2) is 7.58. The van der Waals surface area contributed by atoms with Gasteiger partial charge in [0.25, 0.3) is 0 Å². The lowest BCUT2D eigenvalue weighted by atomic mass is 10.4. The van der Waals surface area contributed by atoms with Crippen molar-refractivity contribution < 1.29 is 4.55 Å². The molecule has 2 rings (SSSR count). The Bertz CT molecular complexity index is 642. The van der Waals surface area contributed by atoms with Gasteiger partial charge in [0.2, 0.25) is 11.6 Å². The third kappa shape index (κ3) is 4.98. The summed E-state index contributed by atoms with van der Waals surface area (Å²) in [5.74, 6) is 1.17. The Morgan fingerprint density at radius 3 is 3.00 bits per heavy atom. The summed E-state index contributed by atoms with van der Waals surface area (Å²) in [5.41, 5.74) is 11.7. The third-order valence-electron chi connectivity index (χ3n) is 2.45. The smallest absolute Gasteiger partial charge is 0.232 e. The van der Waals surface area contributed by atoms with E-state index < -0.39 is 11.1 Å². The molecule has 0 aliphatic rings. The Hall–Kier alpha value is -1.63. The van der Waals surface area contributed by atoms with Gasteiger partial charge < -0.3 is 26.7 Å². The summed E-state index contributed by atoms with van der Waals surface area (Å²) in [4.78, 5) is 4.32. The van der Waals surface area contributed by atoms with Crippen molar-refractivity contribution in [1.29, 1.82) is 5.41 Å². The fourth-order valence-electron chi connectivity index (χ4n) is 1.47. The predicted octanol–water partition coefficient (Wildman–Crippen LogP) is 1.28. The first-order chi connectivity index (χ1) is 10.4. The van der Waals surface area contributed by atoms with Gasteiger partial charge in [0.05, 0.1) is 5.69 Å². The first-order valence-corrected chi connectivity index (χ1v) is 9.19. The summed E-state index contributed by atoms with van der Waals surface area (Å²) in [6, 6.07) is 0. The Morgan fingerprint density at radius 1 is 1.59 bits per heavy atom. The van der Waals surface area contributed by atoms with Gasteiger partial charge in [0, 0.05) is 31.7 Å². The summed E-state index contributed by atoms with van der Waals surface area (Å²) in [7, 11) is 0. The molecule has 0 aliphatic heterocycles. The Labute approximate surface area is 138 Å². The van der Waals surface area contributed by atoms with E-state index in [-0.39, 0.29) is 17.0 Å². The molecule has 2 heterocycles. The van der Waals surface area contributed by atoms with Crippen molar-refractivity contribution in [3.05, 3.63) is 11.1 Å². The molecule has 12 heteroatoms. The zero-order valence-electron chi connectivity index (χ0n) is 11.7. The molecule has 120 valence electrons. The van der Waals surface area contributed by atoms with Crippen LogP contribution in [0.25, 0.3) is 0 Å². The number of rotatable bonds is 7. The normalized spacial score (nSPS) is 12.9. The van der Waals surface area contributed by atoms with E-state index in [4.69, 9.17) is 16.9 Å². The number of nitrogen functional groups attached to an aromatic ring is 1. The highest BCUT2D eigenvalue weighted by atomic mass is 32.2. The fourth-order valence-corrected chi connectivity index (χ4v) is 3.71. The lowest BCUT2D eigenvalue weighted by Crippen LogP contribution is -2.20. The number of nitrogens with two attached hydrogens (primary N) is 2. The summed E-state index contributed by atoms with van der Waals surface area (Å²) >= 11 is 1.52. The maximum atomic E-state index is 11.1. The molecule has 0 aromatic carbocycles. The SMILES string of the molecule is CC(CNc1n[s+]([O-])nc1N)SCc1csc(NC(=N)N)n1. The average molecular weight is 360 g/mol. The minimum absolute atomic E-state index is 0.125. The molecule has 0 aliphatic carbocycles. The third-order valence-corrected chi connectivity index (χ3v) is 5.15. The van der Waals surface area contributed by atoms with E-state index in [1.807, 2.05) is 5.38 Å². The van der Waals surface area contributed by atoms with Gasteiger partial charge in [0.15, 0.2) is 22.2 Å². The Kier molecular flexibility index (Phi) is 5.76. The van der Waals surface area contributed by atoms with Crippen molar-refractivity contribution in [2.75, 3.05) is 22.9 Å². The molecule has 2 atom stereocenters. The number of hydrogen-bond acceptors (Lipinski definition) is 9. The lowest BCUT2D eigenvalue weighted by Gasteiger charge is -2.10. The van der Waals surface area contributed by atoms with Crippen LogP contribution < -0.4 is 22.1 Å². The number of thiazole rings is 1. The van der Waals surface area contributed by atoms with Gasteiger partial charge >= 0.3 is 0 Å². The highest BCUT2D eigenvalue weighted by Crippen LogP contribution is 2.23. The molecule has 0 radical (unpaired) electrons. The van der Waals surface area contributed by atoms with E-state index in [1.165, 1.54) is 11.3 Å². The van der Waals surface area contributed by atoms with Crippen LogP contribution in [-0.4, -0.2) is 36.0 Å². The van der Waals surface area contributed by atoms with E-state index in [0.717, 1.165) is 11.4 Å². The van der Waals surface area contributed by atoms with Gasteiger partial charge in [-0.05, 0) is 0 Å². The second-order valence-electron chi connectivity index (χ2n) is 4.33. The van der Waals surface area contributed by atoms with Gasteiger partial charge in [-0.3, -0.25) is 5.41 Å². The number of guanidine groups is 1. The fraction of sp³-hybridized carbons (Fsp3) is 0.400. The number of hydrogen-bond donors (Lipinski definition) is 5. The van der Waals surface area contributed by atoms with E-state index >= 15 is 0 Å². The van der Waals surface area contributed by atoms with Gasteiger partial charge in [0.1, 0.15) is 0 Å². The average Bonchev–Trinajstić information content (AvgIpc) is 3.00. The number of nitrogens with one attached hydrogen (secondary N) is 3. The second-order valence-corrected chi connectivity index (χ2v) is 7.44. The quantitative estimate of drug-likeness (QED) is 0.278. The molecular formula is C10H16N8OS3. The molecule has 0 fully saturated rings. The van der Waals surface area contributed by atoms with Crippen molar-refractivity contribution >= 4 is 57.0 Å². The van der Waals surface area contributed by atoms with Crippen molar-refractivity contribution in [2.24, 2.45) is 5.73 Å². The summed E-state index contributed by atoms with van der Waals surface area (Å²) < 4.78 is 18.5. The van der Waals surface area contributed by atoms with Crippen LogP contribution in [0.3, 0.4) is 0 Å². The highest BCUT2D eigenvalue weighted by Gasteiger charge is 2.13. The maximum Gasteiger partial charge on any atom is 0.232 e. The number of aromatic nitrogens is 3. The zero-order valence-corrected chi connectivity index (χ0v) is 14.1. The summed E-state index contributed by atoms with van der Waals surface area (Å²) in [6.45, 7) is 2.68. The molecule has 2 aromatic rings. The Morgan fingerprint density at radius 2 is 2.36 bits per heavy atom.